The second kappa shape index (κ2) is 5.64. The van der Waals surface area contributed by atoms with Crippen LogP contribution in [0.15, 0.2) is 30.3 Å². The molecule has 0 bridgehead atoms. The lowest BCUT2D eigenvalue weighted by Gasteiger charge is -2.07. The van der Waals surface area contributed by atoms with Crippen molar-refractivity contribution in [2.75, 3.05) is 5.73 Å². The normalized spacial score (nSPS) is 10.3. The molecule has 0 saturated heterocycles. The van der Waals surface area contributed by atoms with Gasteiger partial charge in [0.1, 0.15) is 17.5 Å². The number of halogens is 2. The molecular formula is C14H13F2N3O. The number of amides is 1. The molecule has 3 N–H and O–H groups in total. The van der Waals surface area contributed by atoms with Gasteiger partial charge < -0.3 is 11.1 Å². The van der Waals surface area contributed by atoms with E-state index < -0.39 is 17.5 Å². The molecule has 1 heterocycles. The van der Waals surface area contributed by atoms with Gasteiger partial charge in [-0.1, -0.05) is 6.07 Å². The summed E-state index contributed by atoms with van der Waals surface area (Å²) in [7, 11) is 0. The number of nitrogen functional groups attached to an aromatic ring is 1. The van der Waals surface area contributed by atoms with Crippen molar-refractivity contribution < 1.29 is 13.6 Å². The Bertz CT molecular complexity index is 639. The standard InChI is InChI=1S/C14H13F2N3O/c1-8-4-10(5-13(17)19-8)14(20)18-7-9-2-3-11(15)6-12(9)16/h2-6H,7H2,1H3,(H2,17,19)(H,18,20). The van der Waals surface area contributed by atoms with Crippen LogP contribution in [-0.4, -0.2) is 10.9 Å². The Morgan fingerprint density at radius 3 is 2.70 bits per heavy atom. The van der Waals surface area contributed by atoms with Gasteiger partial charge in [0.25, 0.3) is 5.91 Å². The summed E-state index contributed by atoms with van der Waals surface area (Å²) in [4.78, 5) is 15.9. The van der Waals surface area contributed by atoms with E-state index in [1.165, 1.54) is 12.1 Å². The summed E-state index contributed by atoms with van der Waals surface area (Å²) in [5.41, 5.74) is 6.72. The Hall–Kier alpha value is -2.50. The number of nitrogens with one attached hydrogen (secondary N) is 1. The molecule has 0 fully saturated rings. The Morgan fingerprint density at radius 2 is 2.05 bits per heavy atom. The first-order valence-electron chi connectivity index (χ1n) is 5.92. The van der Waals surface area contributed by atoms with Gasteiger partial charge in [-0.05, 0) is 25.1 Å². The fourth-order valence-electron chi connectivity index (χ4n) is 1.77. The quantitative estimate of drug-likeness (QED) is 0.903. The van der Waals surface area contributed by atoms with Gasteiger partial charge >= 0.3 is 0 Å². The van der Waals surface area contributed by atoms with Crippen molar-refractivity contribution in [3.8, 4) is 0 Å². The predicted molar refractivity (Wildman–Crippen MR) is 70.9 cm³/mol. The summed E-state index contributed by atoms with van der Waals surface area (Å²) in [6.07, 6.45) is 0. The predicted octanol–water partition coefficient (Wildman–Crippen LogP) is 2.18. The highest BCUT2D eigenvalue weighted by Crippen LogP contribution is 2.10. The molecule has 104 valence electrons. The fourth-order valence-corrected chi connectivity index (χ4v) is 1.77. The van der Waals surface area contributed by atoms with Crippen molar-refractivity contribution in [3.05, 3.63) is 58.8 Å². The van der Waals surface area contributed by atoms with Crippen molar-refractivity contribution in [2.45, 2.75) is 13.5 Å². The van der Waals surface area contributed by atoms with Crippen molar-refractivity contribution in [1.82, 2.24) is 10.3 Å². The molecule has 6 heteroatoms. The number of carbonyl (C=O) groups is 1. The molecular weight excluding hydrogens is 264 g/mol. The van der Waals surface area contributed by atoms with Gasteiger partial charge in [0.05, 0.1) is 0 Å². The minimum Gasteiger partial charge on any atom is -0.384 e. The number of pyridine rings is 1. The van der Waals surface area contributed by atoms with E-state index in [4.69, 9.17) is 5.73 Å². The molecule has 20 heavy (non-hydrogen) atoms. The van der Waals surface area contributed by atoms with Crippen LogP contribution in [0.1, 0.15) is 21.6 Å². The summed E-state index contributed by atoms with van der Waals surface area (Å²) >= 11 is 0. The number of carbonyl (C=O) groups excluding carboxylic acids is 1. The Balaban J connectivity index is 2.08. The first kappa shape index (κ1) is 13.9. The van der Waals surface area contributed by atoms with Crippen LogP contribution in [0.2, 0.25) is 0 Å². The smallest absolute Gasteiger partial charge is 0.251 e. The molecule has 0 unspecified atom stereocenters. The van der Waals surface area contributed by atoms with E-state index in [1.807, 2.05) is 0 Å². The molecule has 0 atom stereocenters. The summed E-state index contributed by atoms with van der Waals surface area (Å²) in [5, 5.41) is 2.55. The minimum atomic E-state index is -0.698. The second-order valence-electron chi connectivity index (χ2n) is 4.34. The number of aryl methyl sites for hydroxylation is 1. The SMILES string of the molecule is Cc1cc(C(=O)NCc2ccc(F)cc2F)cc(N)n1. The Labute approximate surface area is 114 Å². The number of benzene rings is 1. The average Bonchev–Trinajstić information content (AvgIpc) is 2.36. The maximum absolute atomic E-state index is 13.4. The highest BCUT2D eigenvalue weighted by Gasteiger charge is 2.09. The molecule has 1 amide bonds. The molecule has 0 saturated carbocycles. The molecule has 0 radical (unpaired) electrons. The van der Waals surface area contributed by atoms with Crippen LogP contribution >= 0.6 is 0 Å². The Kier molecular flexibility index (Phi) is 3.93. The monoisotopic (exact) mass is 277 g/mol. The van der Waals surface area contributed by atoms with Crippen molar-refractivity contribution in [3.63, 3.8) is 0 Å². The van der Waals surface area contributed by atoms with Crippen LogP contribution in [0.4, 0.5) is 14.6 Å². The maximum Gasteiger partial charge on any atom is 0.251 e. The van der Waals surface area contributed by atoms with Crippen LogP contribution in [0.5, 0.6) is 0 Å². The number of nitrogens with two attached hydrogens (primary N) is 1. The topological polar surface area (TPSA) is 68.0 Å². The lowest BCUT2D eigenvalue weighted by atomic mass is 10.2. The number of hydrogen-bond donors (Lipinski definition) is 2. The summed E-state index contributed by atoms with van der Waals surface area (Å²) in [5.74, 6) is -1.51. The van der Waals surface area contributed by atoms with Crippen LogP contribution < -0.4 is 11.1 Å². The van der Waals surface area contributed by atoms with Crippen LogP contribution in [-0.2, 0) is 6.54 Å². The van der Waals surface area contributed by atoms with E-state index >= 15 is 0 Å². The molecule has 4 nitrogen and oxygen atoms in total. The number of hydrogen-bond acceptors (Lipinski definition) is 3. The lowest BCUT2D eigenvalue weighted by Crippen LogP contribution is -2.23. The zero-order chi connectivity index (χ0) is 14.7. The number of nitrogens with zero attached hydrogens (tertiary/aromatic N) is 1. The molecule has 1 aromatic carbocycles. The largest absolute Gasteiger partial charge is 0.384 e. The van der Waals surface area contributed by atoms with Gasteiger partial charge in [-0.15, -0.1) is 0 Å². The van der Waals surface area contributed by atoms with Crippen molar-refractivity contribution in [2.24, 2.45) is 0 Å². The highest BCUT2D eigenvalue weighted by atomic mass is 19.1. The van der Waals surface area contributed by atoms with Gasteiger partial charge in [0, 0.05) is 29.4 Å². The number of rotatable bonds is 3. The summed E-state index contributed by atoms with van der Waals surface area (Å²) in [6, 6.07) is 6.21. The van der Waals surface area contributed by atoms with E-state index in [9.17, 15) is 13.6 Å². The molecule has 0 aliphatic carbocycles. The molecule has 0 spiro atoms. The van der Waals surface area contributed by atoms with E-state index in [0.29, 0.717) is 11.3 Å². The third-order valence-electron chi connectivity index (χ3n) is 2.69. The third kappa shape index (κ3) is 3.28. The summed E-state index contributed by atoms with van der Waals surface area (Å²) < 4.78 is 26.2. The van der Waals surface area contributed by atoms with E-state index in [-0.39, 0.29) is 17.9 Å². The first-order valence-corrected chi connectivity index (χ1v) is 5.92. The zero-order valence-electron chi connectivity index (χ0n) is 10.8. The average molecular weight is 277 g/mol. The zero-order valence-corrected chi connectivity index (χ0v) is 10.8. The van der Waals surface area contributed by atoms with Gasteiger partial charge in [0.2, 0.25) is 0 Å². The van der Waals surface area contributed by atoms with Gasteiger partial charge in [-0.25, -0.2) is 13.8 Å². The second-order valence-corrected chi connectivity index (χ2v) is 4.34. The Morgan fingerprint density at radius 1 is 1.30 bits per heavy atom. The van der Waals surface area contributed by atoms with E-state index in [1.54, 1.807) is 13.0 Å². The van der Waals surface area contributed by atoms with Crippen LogP contribution in [0, 0.1) is 18.6 Å². The van der Waals surface area contributed by atoms with Gasteiger partial charge in [-0.2, -0.15) is 0 Å². The van der Waals surface area contributed by atoms with E-state index in [0.717, 1.165) is 12.1 Å². The van der Waals surface area contributed by atoms with Crippen molar-refractivity contribution >= 4 is 11.7 Å². The first-order chi connectivity index (χ1) is 9.45. The van der Waals surface area contributed by atoms with Crippen LogP contribution in [0.25, 0.3) is 0 Å². The number of anilines is 1. The summed E-state index contributed by atoms with van der Waals surface area (Å²) in [6.45, 7) is 1.68. The van der Waals surface area contributed by atoms with Gasteiger partial charge in [-0.3, -0.25) is 4.79 Å². The molecule has 0 aliphatic heterocycles. The molecule has 2 aromatic rings. The van der Waals surface area contributed by atoms with Gasteiger partial charge in [0.15, 0.2) is 0 Å². The maximum atomic E-state index is 13.4. The van der Waals surface area contributed by atoms with Crippen LogP contribution in [0.3, 0.4) is 0 Å². The molecule has 2 rings (SSSR count). The highest BCUT2D eigenvalue weighted by molar-refractivity contribution is 5.94. The molecule has 1 aromatic heterocycles. The fraction of sp³-hybridized carbons (Fsp3) is 0.143. The van der Waals surface area contributed by atoms with Crippen molar-refractivity contribution in [1.29, 1.82) is 0 Å². The third-order valence-corrected chi connectivity index (χ3v) is 2.69. The molecule has 0 aliphatic rings. The lowest BCUT2D eigenvalue weighted by molar-refractivity contribution is 0.0950. The van der Waals surface area contributed by atoms with E-state index in [2.05, 4.69) is 10.3 Å². The minimum absolute atomic E-state index is 0.0355. The number of aromatic nitrogens is 1.